The Kier molecular flexibility index (Phi) is 4.88. The van der Waals surface area contributed by atoms with Crippen LogP contribution in [0.4, 0.5) is 16.2 Å². The molecule has 0 aliphatic heterocycles. The number of hydrogen-bond donors (Lipinski definition) is 2. The summed E-state index contributed by atoms with van der Waals surface area (Å²) in [6.45, 7) is 0. The molecule has 0 saturated heterocycles. The fraction of sp³-hybridized carbons (Fsp3) is 0. The van der Waals surface area contributed by atoms with Gasteiger partial charge < -0.3 is 9.92 Å². The van der Waals surface area contributed by atoms with Crippen molar-refractivity contribution in [2.24, 2.45) is 10.9 Å². The SMILES string of the molecule is NC(=O)N(c1ccc(I)cc1)c1ccc(OS(N)(=O)=O)cc1. The first-order valence-corrected chi connectivity index (χ1v) is 8.49. The summed E-state index contributed by atoms with van der Waals surface area (Å²) in [5, 5.41) is 4.78. The maximum atomic E-state index is 11.7. The van der Waals surface area contributed by atoms with Gasteiger partial charge in [-0.1, -0.05) is 0 Å². The number of nitrogens with zero attached hydrogens (tertiary/aromatic N) is 1. The van der Waals surface area contributed by atoms with Crippen LogP contribution in [0.3, 0.4) is 0 Å². The number of nitrogens with two attached hydrogens (primary N) is 2. The van der Waals surface area contributed by atoms with E-state index in [-0.39, 0.29) is 5.75 Å². The Hall–Kier alpha value is -1.85. The van der Waals surface area contributed by atoms with Gasteiger partial charge in [0.25, 0.3) is 0 Å². The van der Waals surface area contributed by atoms with E-state index in [9.17, 15) is 13.2 Å². The van der Waals surface area contributed by atoms with E-state index < -0.39 is 16.3 Å². The third-order valence-corrected chi connectivity index (χ3v) is 3.76. The summed E-state index contributed by atoms with van der Waals surface area (Å²) in [7, 11) is -4.09. The van der Waals surface area contributed by atoms with Crippen molar-refractivity contribution >= 4 is 50.3 Å². The van der Waals surface area contributed by atoms with Crippen molar-refractivity contribution < 1.29 is 17.4 Å². The van der Waals surface area contributed by atoms with Crippen molar-refractivity contribution in [3.63, 3.8) is 0 Å². The number of hydrogen-bond acceptors (Lipinski definition) is 4. The third-order valence-electron chi connectivity index (χ3n) is 2.61. The maximum Gasteiger partial charge on any atom is 0.380 e. The van der Waals surface area contributed by atoms with Crippen molar-refractivity contribution in [1.29, 1.82) is 0 Å². The normalized spacial score (nSPS) is 11.0. The van der Waals surface area contributed by atoms with Crippen molar-refractivity contribution in [3.05, 3.63) is 52.1 Å². The summed E-state index contributed by atoms with van der Waals surface area (Å²) in [6.07, 6.45) is 0. The number of primary amides is 1. The van der Waals surface area contributed by atoms with Gasteiger partial charge in [-0.25, -0.2) is 4.79 Å². The molecular formula is C13H12IN3O4S. The molecule has 0 aromatic heterocycles. The van der Waals surface area contributed by atoms with Crippen molar-refractivity contribution in [2.45, 2.75) is 0 Å². The summed E-state index contributed by atoms with van der Waals surface area (Å²) in [5.74, 6) is 0.0401. The molecule has 0 saturated carbocycles. The molecule has 0 radical (unpaired) electrons. The Morgan fingerprint density at radius 1 is 1.00 bits per heavy atom. The molecule has 2 aromatic rings. The molecule has 116 valence electrons. The Balaban J connectivity index is 2.33. The number of carbonyl (C=O) groups is 1. The Bertz CT molecular complexity index is 776. The number of anilines is 2. The molecule has 0 atom stereocenters. The van der Waals surface area contributed by atoms with E-state index in [1.165, 1.54) is 29.2 Å². The van der Waals surface area contributed by atoms with Gasteiger partial charge in [-0.15, -0.1) is 0 Å². The molecule has 4 N–H and O–H groups in total. The van der Waals surface area contributed by atoms with Crippen LogP contribution in [-0.4, -0.2) is 14.4 Å². The van der Waals surface area contributed by atoms with E-state index in [0.717, 1.165) is 3.57 Å². The highest BCUT2D eigenvalue weighted by atomic mass is 127. The quantitative estimate of drug-likeness (QED) is 0.719. The van der Waals surface area contributed by atoms with Crippen molar-refractivity contribution in [1.82, 2.24) is 0 Å². The van der Waals surface area contributed by atoms with E-state index in [4.69, 9.17) is 10.9 Å². The van der Waals surface area contributed by atoms with Crippen LogP contribution in [0.5, 0.6) is 5.75 Å². The predicted molar refractivity (Wildman–Crippen MR) is 91.1 cm³/mol. The van der Waals surface area contributed by atoms with E-state index >= 15 is 0 Å². The molecule has 0 fully saturated rings. The summed E-state index contributed by atoms with van der Waals surface area (Å²) in [5.41, 5.74) is 6.48. The number of benzene rings is 2. The highest BCUT2D eigenvalue weighted by molar-refractivity contribution is 14.1. The van der Waals surface area contributed by atoms with Gasteiger partial charge in [0.15, 0.2) is 0 Å². The largest absolute Gasteiger partial charge is 0.380 e. The molecule has 0 heterocycles. The first-order chi connectivity index (χ1) is 10.3. The van der Waals surface area contributed by atoms with Crippen LogP contribution < -0.4 is 20.0 Å². The maximum absolute atomic E-state index is 11.7. The zero-order valence-corrected chi connectivity index (χ0v) is 14.1. The summed E-state index contributed by atoms with van der Waals surface area (Å²) in [6, 6.07) is 12.3. The average Bonchev–Trinajstić information content (AvgIpc) is 2.41. The summed E-state index contributed by atoms with van der Waals surface area (Å²) >= 11 is 2.15. The molecule has 2 amide bonds. The topological polar surface area (TPSA) is 116 Å². The van der Waals surface area contributed by atoms with Crippen LogP contribution in [0.25, 0.3) is 0 Å². The van der Waals surface area contributed by atoms with E-state index in [1.54, 1.807) is 12.1 Å². The van der Waals surface area contributed by atoms with Gasteiger partial charge in [0, 0.05) is 3.57 Å². The molecule has 2 aromatic carbocycles. The first kappa shape index (κ1) is 16.5. The number of carbonyl (C=O) groups excluding carboxylic acids is 1. The second-order valence-corrected chi connectivity index (χ2v) is 6.62. The minimum atomic E-state index is -4.09. The number of rotatable bonds is 4. The van der Waals surface area contributed by atoms with Crippen LogP contribution in [0, 0.1) is 3.57 Å². The van der Waals surface area contributed by atoms with Crippen molar-refractivity contribution in [2.75, 3.05) is 4.90 Å². The standard InChI is InChI=1S/C13H12IN3O4S/c14-9-1-3-10(4-2-9)17(13(15)18)11-5-7-12(8-6-11)21-22(16,19)20/h1-8H,(H2,15,18)(H2,16,19,20). The Morgan fingerprint density at radius 2 is 1.45 bits per heavy atom. The van der Waals surface area contributed by atoms with E-state index in [0.29, 0.717) is 11.4 Å². The molecule has 22 heavy (non-hydrogen) atoms. The second kappa shape index (κ2) is 6.50. The molecular weight excluding hydrogens is 421 g/mol. The molecule has 0 unspecified atom stereocenters. The minimum absolute atomic E-state index is 0.0401. The smallest absolute Gasteiger partial charge is 0.371 e. The zero-order chi connectivity index (χ0) is 16.3. The molecule has 0 bridgehead atoms. The monoisotopic (exact) mass is 433 g/mol. The number of halogens is 1. The van der Waals surface area contributed by atoms with E-state index in [2.05, 4.69) is 26.8 Å². The van der Waals surface area contributed by atoms with Crippen LogP contribution in [0.15, 0.2) is 48.5 Å². The Morgan fingerprint density at radius 3 is 1.86 bits per heavy atom. The summed E-state index contributed by atoms with van der Waals surface area (Å²) in [4.78, 5) is 13.0. The minimum Gasteiger partial charge on any atom is -0.371 e. The predicted octanol–water partition coefficient (Wildman–Crippen LogP) is 2.09. The van der Waals surface area contributed by atoms with Gasteiger partial charge >= 0.3 is 16.3 Å². The lowest BCUT2D eigenvalue weighted by Gasteiger charge is -2.21. The second-order valence-electron chi connectivity index (χ2n) is 4.22. The van der Waals surface area contributed by atoms with Gasteiger partial charge in [0.05, 0.1) is 11.4 Å². The number of urea groups is 1. The lowest BCUT2D eigenvalue weighted by atomic mass is 10.2. The van der Waals surface area contributed by atoms with Crippen LogP contribution in [0.1, 0.15) is 0 Å². The lowest BCUT2D eigenvalue weighted by molar-refractivity contribution is 0.256. The highest BCUT2D eigenvalue weighted by Gasteiger charge is 2.15. The fourth-order valence-corrected chi connectivity index (χ4v) is 2.52. The molecule has 0 aliphatic rings. The average molecular weight is 433 g/mol. The lowest BCUT2D eigenvalue weighted by Crippen LogP contribution is -2.31. The third kappa shape index (κ3) is 4.32. The molecule has 9 heteroatoms. The van der Waals surface area contributed by atoms with Crippen LogP contribution >= 0.6 is 22.6 Å². The number of amides is 2. The fourth-order valence-electron chi connectivity index (χ4n) is 1.78. The summed E-state index contributed by atoms with van der Waals surface area (Å²) < 4.78 is 27.3. The van der Waals surface area contributed by atoms with Gasteiger partial charge in [-0.05, 0) is 71.1 Å². The van der Waals surface area contributed by atoms with Crippen molar-refractivity contribution in [3.8, 4) is 5.75 Å². The van der Waals surface area contributed by atoms with Gasteiger partial charge in [0.1, 0.15) is 5.75 Å². The molecule has 7 nitrogen and oxygen atoms in total. The van der Waals surface area contributed by atoms with Crippen LogP contribution in [0.2, 0.25) is 0 Å². The first-order valence-electron chi connectivity index (χ1n) is 5.94. The molecule has 0 aliphatic carbocycles. The Labute approximate surface area is 141 Å². The van der Waals surface area contributed by atoms with Gasteiger partial charge in [-0.2, -0.15) is 13.6 Å². The van der Waals surface area contributed by atoms with E-state index in [1.807, 2.05) is 12.1 Å². The van der Waals surface area contributed by atoms with Gasteiger partial charge in [-0.3, -0.25) is 4.90 Å². The van der Waals surface area contributed by atoms with Gasteiger partial charge in [0.2, 0.25) is 0 Å². The molecule has 2 rings (SSSR count). The zero-order valence-electron chi connectivity index (χ0n) is 11.1. The molecule has 0 spiro atoms. The van der Waals surface area contributed by atoms with Crippen LogP contribution in [-0.2, 0) is 10.3 Å². The highest BCUT2D eigenvalue weighted by Crippen LogP contribution is 2.27.